The summed E-state index contributed by atoms with van der Waals surface area (Å²) in [4.78, 5) is 15.8. The van der Waals surface area contributed by atoms with Crippen molar-refractivity contribution in [1.29, 1.82) is 0 Å². The Morgan fingerprint density at radius 1 is 1.21 bits per heavy atom. The van der Waals surface area contributed by atoms with E-state index in [0.29, 0.717) is 18.0 Å². The number of nitrogens with zero attached hydrogens (tertiary/aromatic N) is 2. The van der Waals surface area contributed by atoms with E-state index < -0.39 is 17.9 Å². The number of rotatable bonds is 4. The summed E-state index contributed by atoms with van der Waals surface area (Å²) in [7, 11) is 0. The van der Waals surface area contributed by atoms with E-state index >= 15 is 0 Å². The summed E-state index contributed by atoms with van der Waals surface area (Å²) in [6, 6.07) is 6.33. The molecule has 0 saturated heterocycles. The van der Waals surface area contributed by atoms with E-state index in [9.17, 15) is 18.0 Å². The first kappa shape index (κ1) is 16.8. The van der Waals surface area contributed by atoms with Gasteiger partial charge in [-0.15, -0.1) is 0 Å². The standard InChI is InChI=1S/C17H20F3N3O/c18-17(19,20)16-22-13-8-4-5-9-14(13)23(16)11-15(24)21-10-12-6-2-1-3-7-12/h4-5,8-9,12H,1-3,6-7,10-11H2,(H,21,24). The van der Waals surface area contributed by atoms with Crippen molar-refractivity contribution in [2.75, 3.05) is 6.54 Å². The highest BCUT2D eigenvalue weighted by Gasteiger charge is 2.38. The SMILES string of the molecule is O=C(Cn1c(C(F)(F)F)nc2ccccc21)NCC1CCCCC1. The van der Waals surface area contributed by atoms with Crippen molar-refractivity contribution in [3.8, 4) is 0 Å². The number of nitrogens with one attached hydrogen (secondary N) is 1. The van der Waals surface area contributed by atoms with Gasteiger partial charge >= 0.3 is 6.18 Å². The molecule has 0 radical (unpaired) electrons. The fourth-order valence-electron chi connectivity index (χ4n) is 3.30. The Labute approximate surface area is 138 Å². The summed E-state index contributed by atoms with van der Waals surface area (Å²) in [5.74, 6) is -1.00. The average molecular weight is 339 g/mol. The van der Waals surface area contributed by atoms with Crippen LogP contribution in [-0.2, 0) is 17.5 Å². The minimum absolute atomic E-state index is 0.241. The van der Waals surface area contributed by atoms with Gasteiger partial charge in [0.25, 0.3) is 0 Å². The Morgan fingerprint density at radius 3 is 2.62 bits per heavy atom. The fourth-order valence-corrected chi connectivity index (χ4v) is 3.30. The minimum Gasteiger partial charge on any atom is -0.354 e. The van der Waals surface area contributed by atoms with Crippen molar-refractivity contribution in [2.45, 2.75) is 44.8 Å². The number of para-hydroxylation sites is 2. The third-order valence-corrected chi connectivity index (χ3v) is 4.52. The smallest absolute Gasteiger partial charge is 0.354 e. The molecule has 1 N–H and O–H groups in total. The second-order valence-corrected chi connectivity index (χ2v) is 6.32. The highest BCUT2D eigenvalue weighted by Crippen LogP contribution is 2.31. The van der Waals surface area contributed by atoms with Crippen molar-refractivity contribution in [1.82, 2.24) is 14.9 Å². The van der Waals surface area contributed by atoms with Crippen LogP contribution in [0.2, 0.25) is 0 Å². The van der Waals surface area contributed by atoms with Gasteiger partial charge in [0.15, 0.2) is 0 Å². The number of aromatic nitrogens is 2. The van der Waals surface area contributed by atoms with Crippen LogP contribution in [0.1, 0.15) is 37.9 Å². The van der Waals surface area contributed by atoms with Gasteiger partial charge in [0.1, 0.15) is 6.54 Å². The maximum absolute atomic E-state index is 13.2. The summed E-state index contributed by atoms with van der Waals surface area (Å²) >= 11 is 0. The predicted molar refractivity (Wildman–Crippen MR) is 84.3 cm³/mol. The molecular formula is C17H20F3N3O. The Bertz CT molecular complexity index is 717. The molecule has 1 aliphatic carbocycles. The second-order valence-electron chi connectivity index (χ2n) is 6.32. The van der Waals surface area contributed by atoms with Gasteiger partial charge in [-0.2, -0.15) is 13.2 Å². The van der Waals surface area contributed by atoms with E-state index in [1.165, 1.54) is 12.5 Å². The number of halogens is 3. The molecule has 1 saturated carbocycles. The Balaban J connectivity index is 1.74. The topological polar surface area (TPSA) is 46.9 Å². The molecule has 1 amide bonds. The fraction of sp³-hybridized carbons (Fsp3) is 0.529. The molecule has 1 aromatic carbocycles. The molecule has 1 aliphatic rings. The lowest BCUT2D eigenvalue weighted by Crippen LogP contribution is -2.33. The van der Waals surface area contributed by atoms with Crippen LogP contribution in [0, 0.1) is 5.92 Å². The van der Waals surface area contributed by atoms with Gasteiger partial charge in [-0.25, -0.2) is 4.98 Å². The summed E-state index contributed by atoms with van der Waals surface area (Å²) in [6.07, 6.45) is 1.09. The minimum atomic E-state index is -4.59. The normalized spacial score (nSPS) is 16.5. The van der Waals surface area contributed by atoms with Gasteiger partial charge in [0.05, 0.1) is 11.0 Å². The molecule has 1 heterocycles. The van der Waals surface area contributed by atoms with Gasteiger partial charge in [-0.05, 0) is 30.9 Å². The van der Waals surface area contributed by atoms with Crippen molar-refractivity contribution < 1.29 is 18.0 Å². The van der Waals surface area contributed by atoms with E-state index in [1.54, 1.807) is 18.2 Å². The maximum Gasteiger partial charge on any atom is 0.449 e. The largest absolute Gasteiger partial charge is 0.449 e. The molecule has 0 bridgehead atoms. The highest BCUT2D eigenvalue weighted by atomic mass is 19.4. The zero-order valence-corrected chi connectivity index (χ0v) is 13.3. The molecule has 0 atom stereocenters. The Hall–Kier alpha value is -2.05. The summed E-state index contributed by atoms with van der Waals surface area (Å²) < 4.78 is 40.5. The number of hydrogen-bond acceptors (Lipinski definition) is 2. The number of fused-ring (bicyclic) bond motifs is 1. The third kappa shape index (κ3) is 3.71. The van der Waals surface area contributed by atoms with Crippen molar-refractivity contribution in [2.24, 2.45) is 5.92 Å². The summed E-state index contributed by atoms with van der Waals surface area (Å²) in [5.41, 5.74) is 0.558. The lowest BCUT2D eigenvalue weighted by atomic mass is 9.89. The lowest BCUT2D eigenvalue weighted by Gasteiger charge is -2.22. The van der Waals surface area contributed by atoms with Crippen LogP contribution < -0.4 is 5.32 Å². The molecule has 24 heavy (non-hydrogen) atoms. The number of alkyl halides is 3. The van der Waals surface area contributed by atoms with E-state index in [1.807, 2.05) is 0 Å². The summed E-state index contributed by atoms with van der Waals surface area (Å²) in [6.45, 7) is 0.162. The monoisotopic (exact) mass is 339 g/mol. The third-order valence-electron chi connectivity index (χ3n) is 4.52. The maximum atomic E-state index is 13.2. The average Bonchev–Trinajstić information content (AvgIpc) is 2.93. The Kier molecular flexibility index (Phi) is 4.78. The van der Waals surface area contributed by atoms with Crippen LogP contribution in [0.15, 0.2) is 24.3 Å². The van der Waals surface area contributed by atoms with Crippen LogP contribution in [0.3, 0.4) is 0 Å². The number of carbonyl (C=O) groups excluding carboxylic acids is 1. The van der Waals surface area contributed by atoms with Crippen LogP contribution in [0.5, 0.6) is 0 Å². The van der Waals surface area contributed by atoms with Crippen molar-refractivity contribution in [3.05, 3.63) is 30.1 Å². The number of benzene rings is 1. The molecule has 3 rings (SSSR count). The first-order valence-electron chi connectivity index (χ1n) is 8.24. The molecule has 0 spiro atoms. The number of imidazole rings is 1. The summed E-state index contributed by atoms with van der Waals surface area (Å²) in [5, 5.41) is 2.78. The van der Waals surface area contributed by atoms with Gasteiger partial charge in [0, 0.05) is 6.54 Å². The van der Waals surface area contributed by atoms with E-state index in [2.05, 4.69) is 10.3 Å². The second kappa shape index (κ2) is 6.83. The predicted octanol–water partition coefficient (Wildman–Crippen LogP) is 3.75. The molecule has 1 fully saturated rings. The molecular weight excluding hydrogens is 319 g/mol. The van der Waals surface area contributed by atoms with Gasteiger partial charge in [-0.1, -0.05) is 31.4 Å². The number of amides is 1. The first-order valence-corrected chi connectivity index (χ1v) is 8.24. The lowest BCUT2D eigenvalue weighted by molar-refractivity contribution is -0.147. The van der Waals surface area contributed by atoms with Gasteiger partial charge in [-0.3, -0.25) is 4.79 Å². The molecule has 7 heteroatoms. The van der Waals surface area contributed by atoms with E-state index in [-0.39, 0.29) is 12.1 Å². The van der Waals surface area contributed by atoms with Crippen LogP contribution in [0.4, 0.5) is 13.2 Å². The van der Waals surface area contributed by atoms with E-state index in [4.69, 9.17) is 0 Å². The number of hydrogen-bond donors (Lipinski definition) is 1. The molecule has 1 aromatic heterocycles. The zero-order chi connectivity index (χ0) is 17.2. The van der Waals surface area contributed by atoms with Gasteiger partial charge in [0.2, 0.25) is 11.7 Å². The highest BCUT2D eigenvalue weighted by molar-refractivity contribution is 5.81. The van der Waals surface area contributed by atoms with Gasteiger partial charge < -0.3 is 9.88 Å². The van der Waals surface area contributed by atoms with E-state index in [0.717, 1.165) is 30.3 Å². The van der Waals surface area contributed by atoms with Crippen molar-refractivity contribution >= 4 is 16.9 Å². The first-order chi connectivity index (χ1) is 11.4. The molecule has 0 aliphatic heterocycles. The molecule has 130 valence electrons. The number of carbonyl (C=O) groups is 1. The molecule has 4 nitrogen and oxygen atoms in total. The van der Waals surface area contributed by atoms with Crippen LogP contribution in [0.25, 0.3) is 11.0 Å². The van der Waals surface area contributed by atoms with Crippen LogP contribution in [-0.4, -0.2) is 22.0 Å². The molecule has 0 unspecified atom stereocenters. The van der Waals surface area contributed by atoms with Crippen LogP contribution >= 0.6 is 0 Å². The van der Waals surface area contributed by atoms with Crippen molar-refractivity contribution in [3.63, 3.8) is 0 Å². The quantitative estimate of drug-likeness (QED) is 0.922. The zero-order valence-electron chi connectivity index (χ0n) is 13.3. The Morgan fingerprint density at radius 2 is 1.92 bits per heavy atom. The molecule has 2 aromatic rings.